The highest BCUT2D eigenvalue weighted by Crippen LogP contribution is 2.41. The van der Waals surface area contributed by atoms with Crippen molar-refractivity contribution in [3.8, 4) is 5.19 Å². The normalized spacial score (nSPS) is 14.3. The minimum atomic E-state index is -5.05. The second-order valence-electron chi connectivity index (χ2n) is 6.27. The van der Waals surface area contributed by atoms with Gasteiger partial charge >= 0.3 is 0 Å². The molecule has 3 rings (SSSR count). The quantitative estimate of drug-likeness (QED) is 0.349. The molecule has 30 heavy (non-hydrogen) atoms. The van der Waals surface area contributed by atoms with Crippen molar-refractivity contribution in [2.45, 2.75) is 27.7 Å². The smallest absolute Gasteiger partial charge is 0.296 e. The van der Waals surface area contributed by atoms with Gasteiger partial charge in [-0.05, 0) is 30.5 Å². The van der Waals surface area contributed by atoms with Gasteiger partial charge in [-0.15, -0.1) is 0 Å². The molecular formula is C14H14N2O10S4. The van der Waals surface area contributed by atoms with E-state index in [-0.39, 0.29) is 32.8 Å². The van der Waals surface area contributed by atoms with Gasteiger partial charge in [0.15, 0.2) is 0 Å². The summed E-state index contributed by atoms with van der Waals surface area (Å²) in [5.74, 6) is 0. The summed E-state index contributed by atoms with van der Waals surface area (Å²) in [6.45, 7) is 1.61. The lowest BCUT2D eigenvalue weighted by Crippen LogP contribution is -2.23. The predicted octanol–water partition coefficient (Wildman–Crippen LogP) is 0.916. The van der Waals surface area contributed by atoms with Crippen LogP contribution in [-0.2, 0) is 30.4 Å². The van der Waals surface area contributed by atoms with Crippen molar-refractivity contribution in [2.24, 2.45) is 5.73 Å². The molecule has 3 aromatic rings. The van der Waals surface area contributed by atoms with Gasteiger partial charge in [-0.1, -0.05) is 11.3 Å². The van der Waals surface area contributed by atoms with Crippen LogP contribution < -0.4 is 10.5 Å². The summed E-state index contributed by atoms with van der Waals surface area (Å²) in [6.07, 6.45) is 0. The monoisotopic (exact) mass is 498 g/mol. The molecule has 1 atom stereocenters. The van der Waals surface area contributed by atoms with Gasteiger partial charge in [0.25, 0.3) is 35.5 Å². The summed E-state index contributed by atoms with van der Waals surface area (Å²) >= 11 is 0.665. The Hall–Kier alpha value is -1.92. The molecule has 0 aliphatic carbocycles. The summed E-state index contributed by atoms with van der Waals surface area (Å²) in [5, 5.41) is -0.791. The lowest BCUT2D eigenvalue weighted by molar-refractivity contribution is 0.295. The van der Waals surface area contributed by atoms with Gasteiger partial charge in [-0.3, -0.25) is 13.7 Å². The zero-order valence-corrected chi connectivity index (χ0v) is 18.1. The lowest BCUT2D eigenvalue weighted by Gasteiger charge is -2.09. The maximum absolute atomic E-state index is 11.9. The first-order chi connectivity index (χ1) is 13.6. The second-order valence-corrected chi connectivity index (χ2v) is 11.4. The Kier molecular flexibility index (Phi) is 5.57. The number of hydrogen-bond acceptors (Lipinski definition) is 10. The van der Waals surface area contributed by atoms with Crippen LogP contribution in [0.25, 0.3) is 21.0 Å². The van der Waals surface area contributed by atoms with Gasteiger partial charge in [-0.25, -0.2) is 4.98 Å². The first-order valence-electron chi connectivity index (χ1n) is 7.81. The summed E-state index contributed by atoms with van der Waals surface area (Å²) in [5.41, 5.74) is 5.29. The van der Waals surface area contributed by atoms with Gasteiger partial charge in [0.05, 0.1) is 15.1 Å². The van der Waals surface area contributed by atoms with E-state index in [0.29, 0.717) is 17.4 Å². The van der Waals surface area contributed by atoms with Crippen LogP contribution in [0, 0.1) is 0 Å². The summed E-state index contributed by atoms with van der Waals surface area (Å²) in [6, 6.07) is 1.65. The summed E-state index contributed by atoms with van der Waals surface area (Å²) in [7, 11) is -14.9. The molecule has 12 nitrogen and oxygen atoms in total. The van der Waals surface area contributed by atoms with Gasteiger partial charge < -0.3 is 10.5 Å². The Morgan fingerprint density at radius 1 is 1.00 bits per heavy atom. The molecule has 0 bridgehead atoms. The molecule has 0 radical (unpaired) electrons. The summed E-state index contributed by atoms with van der Waals surface area (Å²) in [4.78, 5) is 1.46. The van der Waals surface area contributed by atoms with Crippen LogP contribution in [0.5, 0.6) is 5.19 Å². The Morgan fingerprint density at radius 2 is 1.60 bits per heavy atom. The topological polar surface area (TPSA) is 211 Å². The Balaban J connectivity index is 2.55. The SMILES string of the molecule is CC(N)COc1nc2c(s1)c(S(=O)(=O)O)cc1cc(S(=O)(=O)O)cc(S(=O)(=O)O)c12. The third kappa shape index (κ3) is 4.40. The average molecular weight is 499 g/mol. The van der Waals surface area contributed by atoms with Crippen LogP contribution in [-0.4, -0.2) is 56.5 Å². The van der Waals surface area contributed by atoms with Crippen LogP contribution >= 0.6 is 11.3 Å². The molecule has 0 fully saturated rings. The number of fused-ring (bicyclic) bond motifs is 3. The summed E-state index contributed by atoms with van der Waals surface area (Å²) < 4.78 is 104. The number of benzene rings is 2. The molecule has 2 aromatic carbocycles. The first kappa shape index (κ1) is 22.8. The van der Waals surface area contributed by atoms with Crippen molar-refractivity contribution in [1.29, 1.82) is 0 Å². The Morgan fingerprint density at radius 3 is 2.10 bits per heavy atom. The van der Waals surface area contributed by atoms with E-state index >= 15 is 0 Å². The fourth-order valence-corrected chi connectivity index (χ4v) is 5.89. The third-order valence-corrected chi connectivity index (χ3v) is 7.50. The van der Waals surface area contributed by atoms with E-state index in [0.717, 1.165) is 12.1 Å². The van der Waals surface area contributed by atoms with E-state index in [1.54, 1.807) is 6.92 Å². The van der Waals surface area contributed by atoms with Crippen molar-refractivity contribution >= 4 is 62.7 Å². The molecule has 164 valence electrons. The third-order valence-electron chi connectivity index (χ3n) is 3.78. The Labute approximate surface area is 174 Å². The highest BCUT2D eigenvalue weighted by molar-refractivity contribution is 7.87. The van der Waals surface area contributed by atoms with Crippen LogP contribution in [0.3, 0.4) is 0 Å². The molecule has 0 aliphatic heterocycles. The molecule has 1 aromatic heterocycles. The van der Waals surface area contributed by atoms with E-state index in [9.17, 15) is 38.9 Å². The lowest BCUT2D eigenvalue weighted by atomic mass is 10.1. The number of thiazole rings is 1. The molecular weight excluding hydrogens is 484 g/mol. The molecule has 16 heteroatoms. The fourth-order valence-electron chi connectivity index (χ4n) is 2.63. The zero-order chi connectivity index (χ0) is 22.6. The number of ether oxygens (including phenoxy) is 1. The molecule has 0 saturated carbocycles. The van der Waals surface area contributed by atoms with E-state index in [1.807, 2.05) is 0 Å². The van der Waals surface area contributed by atoms with Gasteiger partial charge in [0.2, 0.25) is 0 Å². The zero-order valence-electron chi connectivity index (χ0n) is 14.9. The van der Waals surface area contributed by atoms with Crippen molar-refractivity contribution in [2.75, 3.05) is 6.61 Å². The van der Waals surface area contributed by atoms with Gasteiger partial charge in [0, 0.05) is 11.4 Å². The van der Waals surface area contributed by atoms with Gasteiger partial charge in [-0.2, -0.15) is 25.3 Å². The highest BCUT2D eigenvalue weighted by Gasteiger charge is 2.27. The standard InChI is InChI=1S/C14H14N2O10S4/c1-6(15)5-26-14-16-12-11-7(3-10(13(12)27-14)30(23,24)25)2-8(28(17,18)19)4-9(11)29(20,21)22/h2-4,6H,5,15H2,1H3,(H,17,18,19)(H,20,21,22)(H,23,24,25). The first-order valence-corrected chi connectivity index (χ1v) is 12.9. The average Bonchev–Trinajstić information content (AvgIpc) is 2.99. The number of aromatic nitrogens is 1. The van der Waals surface area contributed by atoms with Crippen molar-refractivity contribution in [1.82, 2.24) is 4.98 Å². The van der Waals surface area contributed by atoms with Gasteiger partial charge in [0.1, 0.15) is 16.4 Å². The molecule has 0 amide bonds. The van der Waals surface area contributed by atoms with Crippen LogP contribution in [0.15, 0.2) is 32.9 Å². The largest absolute Gasteiger partial charge is 0.468 e. The van der Waals surface area contributed by atoms with Crippen molar-refractivity contribution < 1.29 is 43.6 Å². The van der Waals surface area contributed by atoms with Crippen molar-refractivity contribution in [3.05, 3.63) is 18.2 Å². The number of rotatable bonds is 6. The molecule has 0 saturated heterocycles. The van der Waals surface area contributed by atoms with E-state index in [1.165, 1.54) is 0 Å². The van der Waals surface area contributed by atoms with Crippen molar-refractivity contribution in [3.63, 3.8) is 0 Å². The van der Waals surface area contributed by atoms with Crippen LogP contribution in [0.4, 0.5) is 0 Å². The number of nitrogens with zero attached hydrogens (tertiary/aromatic N) is 1. The number of hydrogen-bond donors (Lipinski definition) is 4. The van der Waals surface area contributed by atoms with Crippen LogP contribution in [0.1, 0.15) is 6.92 Å². The second kappa shape index (κ2) is 7.34. The molecule has 1 heterocycles. The number of nitrogens with two attached hydrogens (primary N) is 1. The van der Waals surface area contributed by atoms with E-state index in [4.69, 9.17) is 10.5 Å². The highest BCUT2D eigenvalue weighted by atomic mass is 32.2. The minimum Gasteiger partial charge on any atom is -0.468 e. The maximum Gasteiger partial charge on any atom is 0.296 e. The van der Waals surface area contributed by atoms with Crippen LogP contribution in [0.2, 0.25) is 0 Å². The Bertz CT molecular complexity index is 1490. The molecule has 5 N–H and O–H groups in total. The minimum absolute atomic E-state index is 0.0168. The van der Waals surface area contributed by atoms with E-state index < -0.39 is 51.1 Å². The predicted molar refractivity (Wildman–Crippen MR) is 106 cm³/mol. The molecule has 0 aliphatic rings. The molecule has 1 unspecified atom stereocenters. The maximum atomic E-state index is 11.9. The molecule has 0 spiro atoms. The van der Waals surface area contributed by atoms with E-state index in [2.05, 4.69) is 4.98 Å². The fraction of sp³-hybridized carbons (Fsp3) is 0.214.